The Hall–Kier alpha value is -0.750. The lowest BCUT2D eigenvalue weighted by atomic mass is 10.2. The molecule has 0 aliphatic heterocycles. The maximum Gasteiger partial charge on any atom is 0.261 e. The molecule has 0 saturated heterocycles. The zero-order valence-electron chi connectivity index (χ0n) is 10.3. The highest BCUT2D eigenvalue weighted by atomic mass is 79.9. The minimum Gasteiger partial charge on any atom is -0.278 e. The Balaban J connectivity index is 2.43. The number of anilines is 1. The number of para-hydroxylation sites is 1. The van der Waals surface area contributed by atoms with Crippen molar-refractivity contribution in [2.24, 2.45) is 0 Å². The van der Waals surface area contributed by atoms with Gasteiger partial charge >= 0.3 is 0 Å². The van der Waals surface area contributed by atoms with Gasteiger partial charge in [-0.2, -0.15) is 0 Å². The van der Waals surface area contributed by atoms with E-state index in [0.717, 1.165) is 5.56 Å². The summed E-state index contributed by atoms with van der Waals surface area (Å²) in [5, 5.41) is 0.791. The predicted octanol–water partition coefficient (Wildman–Crippen LogP) is 4.87. The molecule has 3 nitrogen and oxygen atoms in total. The Labute approximate surface area is 136 Å². The first-order chi connectivity index (χ1) is 9.31. The summed E-state index contributed by atoms with van der Waals surface area (Å²) in [4.78, 5) is 0.105. The van der Waals surface area contributed by atoms with Crippen molar-refractivity contribution in [3.05, 3.63) is 56.5 Å². The maximum absolute atomic E-state index is 12.3. The van der Waals surface area contributed by atoms with Gasteiger partial charge in [0.2, 0.25) is 0 Å². The number of benzene rings is 2. The Kier molecular flexibility index (Phi) is 4.64. The van der Waals surface area contributed by atoms with Gasteiger partial charge in [-0.25, -0.2) is 8.42 Å². The van der Waals surface area contributed by atoms with Crippen LogP contribution < -0.4 is 4.72 Å². The van der Waals surface area contributed by atoms with Gasteiger partial charge in [-0.05, 0) is 52.7 Å². The van der Waals surface area contributed by atoms with Crippen LogP contribution in [-0.4, -0.2) is 8.42 Å². The minimum absolute atomic E-state index is 0.105. The van der Waals surface area contributed by atoms with Crippen molar-refractivity contribution in [2.45, 2.75) is 11.8 Å². The Morgan fingerprint density at radius 2 is 1.80 bits per heavy atom. The number of hydrogen-bond acceptors (Lipinski definition) is 2. The van der Waals surface area contributed by atoms with E-state index in [0.29, 0.717) is 20.2 Å². The summed E-state index contributed by atoms with van der Waals surface area (Å²) in [5.41, 5.74) is 1.12. The molecule has 7 heteroatoms. The fourth-order valence-electron chi connectivity index (χ4n) is 1.60. The maximum atomic E-state index is 12.3. The summed E-state index contributed by atoms with van der Waals surface area (Å²) in [6.45, 7) is 1.78. The number of halogens is 3. The molecule has 0 fully saturated rings. The van der Waals surface area contributed by atoms with E-state index in [9.17, 15) is 8.42 Å². The van der Waals surface area contributed by atoms with Crippen LogP contribution in [0.15, 0.2) is 45.8 Å². The number of hydrogen-bond donors (Lipinski definition) is 1. The van der Waals surface area contributed by atoms with Gasteiger partial charge in [-0.15, -0.1) is 0 Å². The molecule has 0 saturated carbocycles. The minimum atomic E-state index is -3.72. The Morgan fingerprint density at radius 3 is 2.40 bits per heavy atom. The normalized spacial score (nSPS) is 11.4. The van der Waals surface area contributed by atoms with Crippen molar-refractivity contribution in [3.8, 4) is 0 Å². The molecule has 2 aromatic rings. The van der Waals surface area contributed by atoms with E-state index < -0.39 is 10.0 Å². The third kappa shape index (κ3) is 3.28. The molecule has 20 heavy (non-hydrogen) atoms. The molecular formula is C13H10BrCl2NO2S. The fourth-order valence-corrected chi connectivity index (χ4v) is 3.75. The summed E-state index contributed by atoms with van der Waals surface area (Å²) in [7, 11) is -3.72. The summed E-state index contributed by atoms with van der Waals surface area (Å²) >= 11 is 15.1. The molecule has 0 unspecified atom stereocenters. The van der Waals surface area contributed by atoms with E-state index in [1.165, 1.54) is 18.2 Å². The third-order valence-corrected chi connectivity index (χ3v) is 5.54. The van der Waals surface area contributed by atoms with Crippen molar-refractivity contribution >= 4 is 54.8 Å². The molecule has 0 heterocycles. The molecule has 0 aliphatic carbocycles. The van der Waals surface area contributed by atoms with E-state index in [1.807, 2.05) is 0 Å². The van der Waals surface area contributed by atoms with Gasteiger partial charge in [0.05, 0.1) is 20.6 Å². The van der Waals surface area contributed by atoms with Crippen molar-refractivity contribution in [1.29, 1.82) is 0 Å². The van der Waals surface area contributed by atoms with E-state index in [2.05, 4.69) is 20.7 Å². The topological polar surface area (TPSA) is 46.2 Å². The monoisotopic (exact) mass is 393 g/mol. The highest BCUT2D eigenvalue weighted by Gasteiger charge is 2.18. The summed E-state index contributed by atoms with van der Waals surface area (Å²) in [6.07, 6.45) is 0. The van der Waals surface area contributed by atoms with Gasteiger partial charge in [0.15, 0.2) is 0 Å². The van der Waals surface area contributed by atoms with Crippen LogP contribution in [0.1, 0.15) is 5.56 Å². The standard InChI is InChI=1S/C13H10BrCl2NO2S/c1-8-3-2-4-12(16)13(8)17-20(18,19)9-5-6-11(15)10(14)7-9/h2-7,17H,1H3. The van der Waals surface area contributed by atoms with E-state index >= 15 is 0 Å². The molecule has 2 aromatic carbocycles. The quantitative estimate of drug-likeness (QED) is 0.807. The van der Waals surface area contributed by atoms with Gasteiger partial charge in [0.1, 0.15) is 0 Å². The fraction of sp³-hybridized carbons (Fsp3) is 0.0769. The number of rotatable bonds is 3. The first-order valence-electron chi connectivity index (χ1n) is 5.54. The zero-order valence-corrected chi connectivity index (χ0v) is 14.2. The molecule has 0 aromatic heterocycles. The summed E-state index contributed by atoms with van der Waals surface area (Å²) in [5.74, 6) is 0. The van der Waals surface area contributed by atoms with Crippen LogP contribution in [0.25, 0.3) is 0 Å². The van der Waals surface area contributed by atoms with Crippen LogP contribution in [0.3, 0.4) is 0 Å². The zero-order chi connectivity index (χ0) is 14.9. The highest BCUT2D eigenvalue weighted by molar-refractivity contribution is 9.10. The van der Waals surface area contributed by atoms with Crippen LogP contribution in [0, 0.1) is 6.92 Å². The molecule has 0 aliphatic rings. The molecule has 0 radical (unpaired) electrons. The lowest BCUT2D eigenvalue weighted by molar-refractivity contribution is 0.601. The Bertz CT molecular complexity index is 743. The van der Waals surface area contributed by atoms with Gasteiger partial charge in [0, 0.05) is 4.47 Å². The van der Waals surface area contributed by atoms with E-state index in [-0.39, 0.29) is 4.90 Å². The van der Waals surface area contributed by atoms with Crippen LogP contribution >= 0.6 is 39.1 Å². The first-order valence-corrected chi connectivity index (χ1v) is 8.57. The molecule has 0 spiro atoms. The Morgan fingerprint density at radius 1 is 1.10 bits per heavy atom. The van der Waals surface area contributed by atoms with Gasteiger partial charge in [-0.3, -0.25) is 4.72 Å². The predicted molar refractivity (Wildman–Crippen MR) is 86.1 cm³/mol. The van der Waals surface area contributed by atoms with Gasteiger partial charge in [-0.1, -0.05) is 35.3 Å². The highest BCUT2D eigenvalue weighted by Crippen LogP contribution is 2.30. The molecule has 2 rings (SSSR count). The lowest BCUT2D eigenvalue weighted by Crippen LogP contribution is -2.14. The van der Waals surface area contributed by atoms with Gasteiger partial charge in [0.25, 0.3) is 10.0 Å². The number of aryl methyl sites for hydroxylation is 1. The van der Waals surface area contributed by atoms with Gasteiger partial charge < -0.3 is 0 Å². The van der Waals surface area contributed by atoms with E-state index in [4.69, 9.17) is 23.2 Å². The number of nitrogens with one attached hydrogen (secondary N) is 1. The SMILES string of the molecule is Cc1cccc(Cl)c1NS(=O)(=O)c1ccc(Cl)c(Br)c1. The van der Waals surface area contributed by atoms with E-state index in [1.54, 1.807) is 25.1 Å². The van der Waals surface area contributed by atoms with Crippen LogP contribution in [-0.2, 0) is 10.0 Å². The second-order valence-corrected chi connectivity index (χ2v) is 7.46. The van der Waals surface area contributed by atoms with Crippen LogP contribution in [0.5, 0.6) is 0 Å². The van der Waals surface area contributed by atoms with Crippen molar-refractivity contribution < 1.29 is 8.42 Å². The third-order valence-electron chi connectivity index (χ3n) is 2.66. The lowest BCUT2D eigenvalue weighted by Gasteiger charge is -2.12. The molecule has 106 valence electrons. The largest absolute Gasteiger partial charge is 0.278 e. The van der Waals surface area contributed by atoms with Crippen molar-refractivity contribution in [1.82, 2.24) is 0 Å². The van der Waals surface area contributed by atoms with Crippen LogP contribution in [0.2, 0.25) is 10.0 Å². The summed E-state index contributed by atoms with van der Waals surface area (Å²) < 4.78 is 27.7. The average Bonchev–Trinajstić information content (AvgIpc) is 2.37. The molecule has 1 N–H and O–H groups in total. The first kappa shape index (κ1) is 15.6. The number of sulfonamides is 1. The van der Waals surface area contributed by atoms with Crippen molar-refractivity contribution in [2.75, 3.05) is 4.72 Å². The van der Waals surface area contributed by atoms with Crippen molar-refractivity contribution in [3.63, 3.8) is 0 Å². The average molecular weight is 395 g/mol. The second-order valence-electron chi connectivity index (χ2n) is 4.11. The van der Waals surface area contributed by atoms with Crippen LogP contribution in [0.4, 0.5) is 5.69 Å². The molecular weight excluding hydrogens is 385 g/mol. The molecule has 0 atom stereocenters. The molecule has 0 amide bonds. The smallest absolute Gasteiger partial charge is 0.261 e. The molecule has 0 bridgehead atoms. The second kappa shape index (κ2) is 5.93. The summed E-state index contributed by atoms with van der Waals surface area (Å²) in [6, 6.07) is 9.55.